The second kappa shape index (κ2) is 7.42. The van der Waals surface area contributed by atoms with Crippen LogP contribution in [0, 0.1) is 0 Å². The van der Waals surface area contributed by atoms with Crippen LogP contribution in [0.3, 0.4) is 0 Å². The molecule has 27 heavy (non-hydrogen) atoms. The zero-order valence-electron chi connectivity index (χ0n) is 14.8. The van der Waals surface area contributed by atoms with Crippen LogP contribution in [0.2, 0.25) is 0 Å². The zero-order valence-corrected chi connectivity index (χ0v) is 15.5. The highest BCUT2D eigenvalue weighted by Crippen LogP contribution is 2.43. The lowest BCUT2D eigenvalue weighted by molar-refractivity contribution is -0.131. The number of ether oxygens (including phenoxy) is 1. The first-order valence-electron chi connectivity index (χ1n) is 8.92. The number of hydrogen-bond donors (Lipinski definition) is 0. The largest absolute Gasteiger partial charge is 0.425 e. The molecule has 0 spiro atoms. The van der Waals surface area contributed by atoms with Gasteiger partial charge >= 0.3 is 5.97 Å². The van der Waals surface area contributed by atoms with Gasteiger partial charge in [-0.1, -0.05) is 84.9 Å². The lowest BCUT2D eigenvalue weighted by atomic mass is 9.67. The first-order chi connectivity index (χ1) is 13.2. The van der Waals surface area contributed by atoms with Gasteiger partial charge < -0.3 is 4.74 Å². The van der Waals surface area contributed by atoms with Crippen molar-refractivity contribution in [2.24, 2.45) is 0 Å². The van der Waals surface area contributed by atoms with Crippen LogP contribution in [0.5, 0.6) is 5.75 Å². The number of hydrogen-bond acceptors (Lipinski definition) is 2. The molecule has 4 rings (SSSR count). The summed E-state index contributed by atoms with van der Waals surface area (Å²) in [7, 11) is 0. The van der Waals surface area contributed by atoms with Gasteiger partial charge in [0.25, 0.3) is 0 Å². The second-order valence-corrected chi connectivity index (χ2v) is 6.91. The van der Waals surface area contributed by atoms with Crippen molar-refractivity contribution in [3.05, 3.63) is 107 Å². The average molecular weight is 375 g/mol. The number of allylic oxidation sites excluding steroid dienone is 1. The molecular weight excluding hydrogens is 356 g/mol. The van der Waals surface area contributed by atoms with Crippen LogP contribution in [0.15, 0.2) is 84.9 Å². The fourth-order valence-corrected chi connectivity index (χ4v) is 3.83. The van der Waals surface area contributed by atoms with Crippen molar-refractivity contribution in [1.29, 1.82) is 0 Å². The molecule has 3 aromatic carbocycles. The fourth-order valence-electron chi connectivity index (χ4n) is 3.78. The third-order valence-electron chi connectivity index (χ3n) is 5.08. The number of halogens is 1. The molecule has 3 heteroatoms. The van der Waals surface area contributed by atoms with Crippen LogP contribution in [-0.4, -0.2) is 11.8 Å². The molecule has 0 radical (unpaired) electrons. The SMILES string of the molecule is O=C(CCl)Oc1cccc2c1CC(c1ccccc1)(c1ccccc1)C=C2. The van der Waals surface area contributed by atoms with E-state index < -0.39 is 5.97 Å². The smallest absolute Gasteiger partial charge is 0.326 e. The third-order valence-corrected chi connectivity index (χ3v) is 5.30. The molecule has 0 bridgehead atoms. The monoisotopic (exact) mass is 374 g/mol. The van der Waals surface area contributed by atoms with Crippen LogP contribution in [-0.2, 0) is 16.6 Å². The number of benzene rings is 3. The summed E-state index contributed by atoms with van der Waals surface area (Å²) in [5, 5.41) is 0. The molecule has 0 amide bonds. The van der Waals surface area contributed by atoms with Crippen LogP contribution < -0.4 is 4.74 Å². The number of fused-ring (bicyclic) bond motifs is 1. The molecule has 0 atom stereocenters. The van der Waals surface area contributed by atoms with Gasteiger partial charge in [-0.2, -0.15) is 0 Å². The highest BCUT2D eigenvalue weighted by molar-refractivity contribution is 6.26. The summed E-state index contributed by atoms with van der Waals surface area (Å²) in [5.74, 6) is -0.0226. The molecule has 0 aromatic heterocycles. The molecule has 0 fully saturated rings. The molecule has 0 saturated heterocycles. The molecule has 1 aliphatic rings. The van der Waals surface area contributed by atoms with E-state index in [1.807, 2.05) is 30.3 Å². The van der Waals surface area contributed by atoms with Crippen LogP contribution in [0.4, 0.5) is 0 Å². The fraction of sp³-hybridized carbons (Fsp3) is 0.125. The average Bonchev–Trinajstić information content (AvgIpc) is 2.75. The Morgan fingerprint density at radius 2 is 1.52 bits per heavy atom. The molecule has 134 valence electrons. The summed E-state index contributed by atoms with van der Waals surface area (Å²) >= 11 is 5.64. The molecule has 1 aliphatic carbocycles. The quantitative estimate of drug-likeness (QED) is 0.348. The molecule has 0 heterocycles. The predicted octanol–water partition coefficient (Wildman–Crippen LogP) is 5.39. The van der Waals surface area contributed by atoms with Crippen LogP contribution >= 0.6 is 11.6 Å². The Hall–Kier alpha value is -2.84. The molecule has 0 N–H and O–H groups in total. The lowest BCUT2D eigenvalue weighted by Gasteiger charge is -2.36. The highest BCUT2D eigenvalue weighted by Gasteiger charge is 2.36. The third kappa shape index (κ3) is 3.29. The molecular formula is C24H19ClO2. The Morgan fingerprint density at radius 1 is 0.889 bits per heavy atom. The van der Waals surface area contributed by atoms with Gasteiger partial charge in [0.15, 0.2) is 0 Å². The highest BCUT2D eigenvalue weighted by atomic mass is 35.5. The van der Waals surface area contributed by atoms with E-state index >= 15 is 0 Å². The number of alkyl halides is 1. The summed E-state index contributed by atoms with van der Waals surface area (Å²) in [6, 6.07) is 26.7. The van der Waals surface area contributed by atoms with Crippen molar-refractivity contribution in [1.82, 2.24) is 0 Å². The molecule has 3 aromatic rings. The molecule has 0 saturated carbocycles. The van der Waals surface area contributed by atoms with E-state index in [4.69, 9.17) is 16.3 Å². The molecule has 0 aliphatic heterocycles. The van der Waals surface area contributed by atoms with Crippen molar-refractivity contribution in [3.63, 3.8) is 0 Å². The van der Waals surface area contributed by atoms with Gasteiger partial charge in [-0.25, -0.2) is 0 Å². The second-order valence-electron chi connectivity index (χ2n) is 6.65. The van der Waals surface area contributed by atoms with E-state index in [1.165, 1.54) is 11.1 Å². The van der Waals surface area contributed by atoms with E-state index in [0.717, 1.165) is 11.1 Å². The van der Waals surface area contributed by atoms with Gasteiger partial charge in [0.05, 0.1) is 0 Å². The van der Waals surface area contributed by atoms with Gasteiger partial charge in [-0.05, 0) is 29.2 Å². The van der Waals surface area contributed by atoms with Crippen molar-refractivity contribution in [3.8, 4) is 5.75 Å². The van der Waals surface area contributed by atoms with Crippen LogP contribution in [0.1, 0.15) is 22.3 Å². The Labute approximate surface area is 164 Å². The molecule has 2 nitrogen and oxygen atoms in total. The van der Waals surface area contributed by atoms with Crippen molar-refractivity contribution in [2.45, 2.75) is 11.8 Å². The van der Waals surface area contributed by atoms with Gasteiger partial charge in [-0.3, -0.25) is 4.79 Å². The first kappa shape index (κ1) is 17.6. The summed E-state index contributed by atoms with van der Waals surface area (Å²) in [4.78, 5) is 11.8. The van der Waals surface area contributed by atoms with Crippen LogP contribution in [0.25, 0.3) is 6.08 Å². The van der Waals surface area contributed by atoms with Gasteiger partial charge in [-0.15, -0.1) is 11.6 Å². The first-order valence-corrected chi connectivity index (χ1v) is 9.45. The number of carbonyl (C=O) groups is 1. The number of carbonyl (C=O) groups excluding carboxylic acids is 1. The Morgan fingerprint density at radius 3 is 2.11 bits per heavy atom. The maximum atomic E-state index is 11.8. The minimum absolute atomic E-state index is 0.165. The maximum absolute atomic E-state index is 11.8. The van der Waals surface area contributed by atoms with Crippen molar-refractivity contribution >= 4 is 23.6 Å². The van der Waals surface area contributed by atoms with Crippen molar-refractivity contribution in [2.75, 3.05) is 5.88 Å². The van der Waals surface area contributed by atoms with E-state index in [-0.39, 0.29) is 11.3 Å². The van der Waals surface area contributed by atoms with Gasteiger partial charge in [0.1, 0.15) is 11.6 Å². The number of rotatable bonds is 4. The van der Waals surface area contributed by atoms with E-state index in [2.05, 4.69) is 60.7 Å². The summed E-state index contributed by atoms with van der Waals surface area (Å²) < 4.78 is 5.52. The Kier molecular flexibility index (Phi) is 4.83. The normalized spacial score (nSPS) is 14.4. The topological polar surface area (TPSA) is 26.3 Å². The van der Waals surface area contributed by atoms with E-state index in [1.54, 1.807) is 0 Å². The lowest BCUT2D eigenvalue weighted by Crippen LogP contribution is -2.31. The zero-order chi connectivity index (χ0) is 18.7. The Bertz CT molecular complexity index is 938. The summed E-state index contributed by atoms with van der Waals surface area (Å²) in [5.41, 5.74) is 4.18. The van der Waals surface area contributed by atoms with Crippen molar-refractivity contribution < 1.29 is 9.53 Å². The summed E-state index contributed by atoms with van der Waals surface area (Å²) in [6.07, 6.45) is 5.09. The summed E-state index contributed by atoms with van der Waals surface area (Å²) in [6.45, 7) is 0. The van der Waals surface area contributed by atoms with E-state index in [0.29, 0.717) is 12.2 Å². The van der Waals surface area contributed by atoms with E-state index in [9.17, 15) is 4.79 Å². The number of esters is 1. The molecule has 0 unspecified atom stereocenters. The maximum Gasteiger partial charge on any atom is 0.326 e. The standard InChI is InChI=1S/C24H19ClO2/c25-17-23(26)27-22-13-7-8-18-14-15-24(16-21(18)22,19-9-3-1-4-10-19)20-11-5-2-6-12-20/h1-15H,16-17H2. The minimum atomic E-state index is -0.440. The van der Waals surface area contributed by atoms with Gasteiger partial charge in [0.2, 0.25) is 0 Å². The Balaban J connectivity index is 1.87. The van der Waals surface area contributed by atoms with Gasteiger partial charge in [0, 0.05) is 11.0 Å². The predicted molar refractivity (Wildman–Crippen MR) is 109 cm³/mol. The minimum Gasteiger partial charge on any atom is -0.425 e.